The average Bonchev–Trinajstić information content (AvgIpc) is 2.65. The third kappa shape index (κ3) is 2.29. The molecule has 1 aliphatic carbocycles. The van der Waals surface area contributed by atoms with Gasteiger partial charge in [-0.3, -0.25) is 0 Å². The molecular weight excluding hydrogens is 272 g/mol. The molecule has 0 aliphatic heterocycles. The van der Waals surface area contributed by atoms with Crippen LogP contribution >= 0.6 is 11.6 Å². The zero-order valence-electron chi connectivity index (χ0n) is 10.5. The molecule has 2 unspecified atom stereocenters. The topological polar surface area (TPSA) is 54.4 Å². The smallest absolute Gasteiger partial charge is 0.153 e. The van der Waals surface area contributed by atoms with E-state index in [1.165, 1.54) is 6.26 Å². The van der Waals surface area contributed by atoms with Gasteiger partial charge in [0.25, 0.3) is 0 Å². The molecule has 1 N–H and O–H groups in total. The lowest BCUT2D eigenvalue weighted by Gasteiger charge is -2.29. The summed E-state index contributed by atoms with van der Waals surface area (Å²) in [5, 5.41) is 10.6. The van der Waals surface area contributed by atoms with Gasteiger partial charge in [-0.15, -0.1) is 0 Å². The fourth-order valence-corrected chi connectivity index (χ4v) is 4.45. The highest BCUT2D eigenvalue weighted by atomic mass is 35.5. The van der Waals surface area contributed by atoms with Crippen LogP contribution in [0.2, 0.25) is 5.02 Å². The van der Waals surface area contributed by atoms with Crippen molar-refractivity contribution < 1.29 is 13.5 Å². The van der Waals surface area contributed by atoms with Gasteiger partial charge in [-0.2, -0.15) is 0 Å². The molecule has 100 valence electrons. The van der Waals surface area contributed by atoms with E-state index >= 15 is 0 Å². The van der Waals surface area contributed by atoms with Gasteiger partial charge in [0.15, 0.2) is 9.84 Å². The summed E-state index contributed by atoms with van der Waals surface area (Å²) in [4.78, 5) is 0. The van der Waals surface area contributed by atoms with Crippen molar-refractivity contribution in [2.45, 2.75) is 37.0 Å². The van der Waals surface area contributed by atoms with Gasteiger partial charge in [0.1, 0.15) is 5.60 Å². The molecule has 0 amide bonds. The van der Waals surface area contributed by atoms with Crippen molar-refractivity contribution in [3.63, 3.8) is 0 Å². The van der Waals surface area contributed by atoms with Gasteiger partial charge in [-0.25, -0.2) is 8.42 Å². The molecule has 0 aromatic heterocycles. The van der Waals surface area contributed by atoms with Crippen molar-refractivity contribution in [1.29, 1.82) is 0 Å². The van der Waals surface area contributed by atoms with Gasteiger partial charge < -0.3 is 5.11 Å². The highest BCUT2D eigenvalue weighted by molar-refractivity contribution is 7.91. The minimum atomic E-state index is -3.27. The highest BCUT2D eigenvalue weighted by Gasteiger charge is 2.48. The Morgan fingerprint density at radius 3 is 2.67 bits per heavy atom. The minimum Gasteiger partial charge on any atom is -0.384 e. The first-order valence-electron chi connectivity index (χ1n) is 5.93. The Morgan fingerprint density at radius 2 is 2.11 bits per heavy atom. The fraction of sp³-hybridized carbons (Fsp3) is 0.538. The summed E-state index contributed by atoms with van der Waals surface area (Å²) in [5.74, 6) is 0. The second-order valence-electron chi connectivity index (χ2n) is 5.10. The molecule has 0 heterocycles. The summed E-state index contributed by atoms with van der Waals surface area (Å²) in [6.07, 6.45) is 2.86. The zero-order chi connectivity index (χ0) is 13.6. The SMILES string of the molecule is Cc1ccc(C2(O)CCCC2S(C)(=O)=O)cc1Cl. The molecular formula is C13H17ClO3S. The Balaban J connectivity index is 2.50. The van der Waals surface area contributed by atoms with Gasteiger partial charge in [-0.1, -0.05) is 23.7 Å². The summed E-state index contributed by atoms with van der Waals surface area (Å²) in [7, 11) is -3.27. The van der Waals surface area contributed by atoms with Crippen LogP contribution in [-0.4, -0.2) is 25.0 Å². The van der Waals surface area contributed by atoms with E-state index in [0.29, 0.717) is 29.8 Å². The number of benzene rings is 1. The maximum atomic E-state index is 11.8. The van der Waals surface area contributed by atoms with Crippen LogP contribution in [0.3, 0.4) is 0 Å². The van der Waals surface area contributed by atoms with Crippen molar-refractivity contribution in [2.75, 3.05) is 6.26 Å². The van der Waals surface area contributed by atoms with Gasteiger partial charge in [0.05, 0.1) is 5.25 Å². The lowest BCUT2D eigenvalue weighted by Crippen LogP contribution is -2.39. The predicted octanol–water partition coefficient (Wildman–Crippen LogP) is 2.43. The lowest BCUT2D eigenvalue weighted by molar-refractivity contribution is 0.0477. The number of sulfone groups is 1. The van der Waals surface area contributed by atoms with Gasteiger partial charge in [-0.05, 0) is 43.4 Å². The first-order chi connectivity index (χ1) is 8.25. The summed E-state index contributed by atoms with van der Waals surface area (Å²) in [6.45, 7) is 1.87. The van der Waals surface area contributed by atoms with Crippen LogP contribution in [0.15, 0.2) is 18.2 Å². The Morgan fingerprint density at radius 1 is 1.44 bits per heavy atom. The van der Waals surface area contributed by atoms with Crippen LogP contribution < -0.4 is 0 Å². The number of halogens is 1. The molecule has 2 atom stereocenters. The fourth-order valence-electron chi connectivity index (χ4n) is 2.72. The first-order valence-corrected chi connectivity index (χ1v) is 8.26. The lowest BCUT2D eigenvalue weighted by atomic mass is 9.91. The largest absolute Gasteiger partial charge is 0.384 e. The number of hydrogen-bond acceptors (Lipinski definition) is 3. The summed E-state index contributed by atoms with van der Waals surface area (Å²) in [5.41, 5.74) is 0.217. The molecule has 1 fully saturated rings. The zero-order valence-corrected chi connectivity index (χ0v) is 12.1. The number of rotatable bonds is 2. The molecule has 1 saturated carbocycles. The molecule has 0 radical (unpaired) electrons. The van der Waals surface area contributed by atoms with E-state index < -0.39 is 20.7 Å². The van der Waals surface area contributed by atoms with E-state index in [0.717, 1.165) is 5.56 Å². The molecule has 0 saturated heterocycles. The molecule has 2 rings (SSSR count). The maximum Gasteiger partial charge on any atom is 0.153 e. The van der Waals surface area contributed by atoms with Crippen LogP contribution in [0.25, 0.3) is 0 Å². The Hall–Kier alpha value is -0.580. The molecule has 1 aromatic carbocycles. The van der Waals surface area contributed by atoms with Gasteiger partial charge >= 0.3 is 0 Å². The molecule has 3 nitrogen and oxygen atoms in total. The Kier molecular flexibility index (Phi) is 3.47. The monoisotopic (exact) mass is 288 g/mol. The normalized spacial score (nSPS) is 28.6. The molecule has 1 aliphatic rings. The van der Waals surface area contributed by atoms with E-state index in [-0.39, 0.29) is 0 Å². The standard InChI is InChI=1S/C13H17ClO3S/c1-9-5-6-10(8-11(9)14)13(15)7-3-4-12(13)18(2,16)17/h5-6,8,12,15H,3-4,7H2,1-2H3. The van der Waals surface area contributed by atoms with Crippen molar-refractivity contribution in [1.82, 2.24) is 0 Å². The minimum absolute atomic E-state index is 0.462. The molecule has 18 heavy (non-hydrogen) atoms. The van der Waals surface area contributed by atoms with E-state index in [4.69, 9.17) is 11.6 Å². The maximum absolute atomic E-state index is 11.8. The van der Waals surface area contributed by atoms with E-state index in [1.54, 1.807) is 12.1 Å². The third-order valence-corrected chi connectivity index (χ3v) is 5.81. The van der Waals surface area contributed by atoms with Gasteiger partial charge in [0.2, 0.25) is 0 Å². The van der Waals surface area contributed by atoms with Crippen LogP contribution in [0, 0.1) is 6.92 Å². The predicted molar refractivity (Wildman–Crippen MR) is 72.6 cm³/mol. The molecule has 0 bridgehead atoms. The van der Waals surface area contributed by atoms with Crippen molar-refractivity contribution in [3.05, 3.63) is 34.3 Å². The van der Waals surface area contributed by atoms with Crippen molar-refractivity contribution in [2.24, 2.45) is 0 Å². The van der Waals surface area contributed by atoms with Crippen LogP contribution in [0.5, 0.6) is 0 Å². The van der Waals surface area contributed by atoms with Crippen LogP contribution in [0.1, 0.15) is 30.4 Å². The van der Waals surface area contributed by atoms with Gasteiger partial charge in [0, 0.05) is 11.3 Å². The number of aryl methyl sites for hydroxylation is 1. The average molecular weight is 289 g/mol. The molecule has 0 spiro atoms. The van der Waals surface area contributed by atoms with E-state index in [2.05, 4.69) is 0 Å². The number of aliphatic hydroxyl groups is 1. The number of hydrogen-bond donors (Lipinski definition) is 1. The van der Waals surface area contributed by atoms with Crippen LogP contribution in [0.4, 0.5) is 0 Å². The Labute approximate surface area is 113 Å². The van der Waals surface area contributed by atoms with Crippen molar-refractivity contribution >= 4 is 21.4 Å². The van der Waals surface area contributed by atoms with Crippen molar-refractivity contribution in [3.8, 4) is 0 Å². The van der Waals surface area contributed by atoms with E-state index in [1.807, 2.05) is 13.0 Å². The Bertz CT molecular complexity index is 568. The second-order valence-corrected chi connectivity index (χ2v) is 7.73. The highest BCUT2D eigenvalue weighted by Crippen LogP contribution is 2.43. The summed E-state index contributed by atoms with van der Waals surface area (Å²) >= 11 is 6.06. The first kappa shape index (κ1) is 13.8. The quantitative estimate of drug-likeness (QED) is 0.909. The summed E-state index contributed by atoms with van der Waals surface area (Å²) in [6, 6.07) is 5.26. The molecule has 5 heteroatoms. The third-order valence-electron chi connectivity index (χ3n) is 3.75. The van der Waals surface area contributed by atoms with E-state index in [9.17, 15) is 13.5 Å². The summed E-state index contributed by atoms with van der Waals surface area (Å²) < 4.78 is 23.6. The second kappa shape index (κ2) is 4.51. The van der Waals surface area contributed by atoms with Crippen LogP contribution in [-0.2, 0) is 15.4 Å². The molecule has 1 aromatic rings.